The van der Waals surface area contributed by atoms with Gasteiger partial charge in [-0.15, -0.1) is 0 Å². The summed E-state index contributed by atoms with van der Waals surface area (Å²) in [5.41, 5.74) is 0.107. The predicted octanol–water partition coefficient (Wildman–Crippen LogP) is 3.92. The zero-order valence-corrected chi connectivity index (χ0v) is 12.6. The maximum atomic E-state index is 11.8. The lowest BCUT2D eigenvalue weighted by atomic mass is 10.3. The van der Waals surface area contributed by atoms with E-state index in [4.69, 9.17) is 27.9 Å². The Bertz CT molecular complexity index is 722. The van der Waals surface area contributed by atoms with Crippen molar-refractivity contribution in [3.63, 3.8) is 0 Å². The number of carbonyl (C=O) groups excluding carboxylic acids is 1. The van der Waals surface area contributed by atoms with E-state index < -0.39 is 10.8 Å². The maximum Gasteiger partial charge on any atom is 0.271 e. The number of non-ortho nitro benzene ring substituents is 1. The molecule has 6 nitrogen and oxygen atoms in total. The molecule has 0 radical (unpaired) electrons. The number of nitrogens with zero attached hydrogens (tertiary/aromatic N) is 1. The van der Waals surface area contributed by atoms with Crippen LogP contribution in [0.5, 0.6) is 5.75 Å². The Labute approximate surface area is 135 Å². The van der Waals surface area contributed by atoms with Crippen LogP contribution in [-0.4, -0.2) is 17.4 Å². The van der Waals surface area contributed by atoms with Crippen molar-refractivity contribution in [1.29, 1.82) is 0 Å². The normalized spacial score (nSPS) is 10.1. The highest BCUT2D eigenvalue weighted by Gasteiger charge is 2.12. The molecule has 114 valence electrons. The summed E-state index contributed by atoms with van der Waals surface area (Å²) in [5, 5.41) is 13.6. The van der Waals surface area contributed by atoms with Gasteiger partial charge in [-0.05, 0) is 18.2 Å². The third-order valence-corrected chi connectivity index (χ3v) is 3.26. The topological polar surface area (TPSA) is 81.5 Å². The highest BCUT2D eigenvalue weighted by atomic mass is 35.5. The first-order valence-corrected chi connectivity index (χ1v) is 6.84. The first-order valence-electron chi connectivity index (χ1n) is 6.08. The summed E-state index contributed by atoms with van der Waals surface area (Å²) in [6, 6.07) is 10.5. The quantitative estimate of drug-likeness (QED) is 0.660. The van der Waals surface area contributed by atoms with Gasteiger partial charge in [0.2, 0.25) is 0 Å². The lowest BCUT2D eigenvalue weighted by Crippen LogP contribution is -2.20. The molecule has 0 aliphatic heterocycles. The van der Waals surface area contributed by atoms with E-state index in [-0.39, 0.29) is 23.0 Å². The molecule has 0 saturated carbocycles. The minimum absolute atomic E-state index is 0.0697. The predicted molar refractivity (Wildman–Crippen MR) is 83.7 cm³/mol. The molecule has 0 heterocycles. The number of anilines is 1. The monoisotopic (exact) mass is 340 g/mol. The first-order chi connectivity index (χ1) is 10.5. The zero-order chi connectivity index (χ0) is 16.1. The van der Waals surface area contributed by atoms with Crippen LogP contribution in [0.2, 0.25) is 10.0 Å². The van der Waals surface area contributed by atoms with Crippen LogP contribution in [0.4, 0.5) is 11.4 Å². The van der Waals surface area contributed by atoms with Crippen molar-refractivity contribution in [2.75, 3.05) is 11.9 Å². The van der Waals surface area contributed by atoms with Gasteiger partial charge in [0.15, 0.2) is 6.61 Å². The second kappa shape index (κ2) is 7.11. The van der Waals surface area contributed by atoms with Gasteiger partial charge in [0.1, 0.15) is 5.75 Å². The van der Waals surface area contributed by atoms with Crippen LogP contribution >= 0.6 is 23.2 Å². The molecule has 2 aromatic rings. The first kappa shape index (κ1) is 16.1. The van der Waals surface area contributed by atoms with Gasteiger partial charge in [0.25, 0.3) is 11.6 Å². The van der Waals surface area contributed by atoms with Crippen molar-refractivity contribution >= 4 is 40.5 Å². The number of nitro benzene ring substituents is 1. The molecule has 0 unspecified atom stereocenters. The molecule has 0 spiro atoms. The molecule has 0 atom stereocenters. The van der Waals surface area contributed by atoms with Gasteiger partial charge >= 0.3 is 0 Å². The van der Waals surface area contributed by atoms with Crippen LogP contribution in [0, 0.1) is 10.1 Å². The highest BCUT2D eigenvalue weighted by molar-refractivity contribution is 6.34. The van der Waals surface area contributed by atoms with Crippen LogP contribution in [0.1, 0.15) is 0 Å². The molecular weight excluding hydrogens is 331 g/mol. The summed E-state index contributed by atoms with van der Waals surface area (Å²) in [6.07, 6.45) is 0. The average Bonchev–Trinajstić information content (AvgIpc) is 2.48. The van der Waals surface area contributed by atoms with Crippen molar-refractivity contribution in [2.24, 2.45) is 0 Å². The summed E-state index contributed by atoms with van der Waals surface area (Å²) >= 11 is 11.8. The van der Waals surface area contributed by atoms with Crippen LogP contribution < -0.4 is 10.1 Å². The largest absolute Gasteiger partial charge is 0.482 e. The Morgan fingerprint density at radius 1 is 1.18 bits per heavy atom. The number of nitrogens with one attached hydrogen (secondary N) is 1. The van der Waals surface area contributed by atoms with E-state index in [0.717, 1.165) is 6.07 Å². The van der Waals surface area contributed by atoms with Gasteiger partial charge in [-0.25, -0.2) is 0 Å². The van der Waals surface area contributed by atoms with E-state index in [9.17, 15) is 14.9 Å². The Balaban J connectivity index is 1.98. The summed E-state index contributed by atoms with van der Waals surface area (Å²) in [5.74, 6) is -0.0789. The lowest BCUT2D eigenvalue weighted by molar-refractivity contribution is -0.384. The highest BCUT2D eigenvalue weighted by Crippen LogP contribution is 2.27. The minimum Gasteiger partial charge on any atom is -0.482 e. The van der Waals surface area contributed by atoms with Crippen LogP contribution in [0.3, 0.4) is 0 Å². The lowest BCUT2D eigenvalue weighted by Gasteiger charge is -2.09. The van der Waals surface area contributed by atoms with Gasteiger partial charge in [-0.2, -0.15) is 0 Å². The second-order valence-corrected chi connectivity index (χ2v) is 5.00. The van der Waals surface area contributed by atoms with Crippen LogP contribution in [0.25, 0.3) is 0 Å². The maximum absolute atomic E-state index is 11.8. The van der Waals surface area contributed by atoms with Crippen LogP contribution in [0.15, 0.2) is 42.5 Å². The van der Waals surface area contributed by atoms with Crippen molar-refractivity contribution in [3.8, 4) is 5.75 Å². The number of hydrogen-bond acceptors (Lipinski definition) is 4. The third kappa shape index (κ3) is 4.09. The number of para-hydroxylation sites is 1. The summed E-state index contributed by atoms with van der Waals surface area (Å²) in [6.45, 7) is -0.267. The number of ether oxygens (including phenoxy) is 1. The summed E-state index contributed by atoms with van der Waals surface area (Å²) < 4.78 is 5.28. The van der Waals surface area contributed by atoms with E-state index in [1.165, 1.54) is 12.1 Å². The fourth-order valence-electron chi connectivity index (χ4n) is 1.61. The molecule has 22 heavy (non-hydrogen) atoms. The average molecular weight is 341 g/mol. The molecule has 2 aromatic carbocycles. The standard InChI is InChI=1S/C14H10Cl2N2O4/c15-10-3-1-2-4-13(10)22-8-14(19)17-12-6-5-9(18(20)21)7-11(12)16/h1-7H,8H2,(H,17,19). The second-order valence-electron chi connectivity index (χ2n) is 4.19. The zero-order valence-electron chi connectivity index (χ0n) is 11.1. The molecule has 0 aliphatic carbocycles. The number of rotatable bonds is 5. The van der Waals surface area contributed by atoms with E-state index in [1.807, 2.05) is 0 Å². The summed E-state index contributed by atoms with van der Waals surface area (Å²) in [4.78, 5) is 21.8. The molecule has 0 bridgehead atoms. The molecule has 0 saturated heterocycles. The summed E-state index contributed by atoms with van der Waals surface area (Å²) in [7, 11) is 0. The fourth-order valence-corrected chi connectivity index (χ4v) is 2.02. The van der Waals surface area contributed by atoms with Crippen molar-refractivity contribution in [1.82, 2.24) is 0 Å². The van der Waals surface area contributed by atoms with Gasteiger partial charge < -0.3 is 10.1 Å². The number of hydrogen-bond donors (Lipinski definition) is 1. The Morgan fingerprint density at radius 2 is 1.91 bits per heavy atom. The minimum atomic E-state index is -0.571. The fraction of sp³-hybridized carbons (Fsp3) is 0.0714. The number of nitro groups is 1. The van der Waals surface area contributed by atoms with Gasteiger partial charge in [-0.3, -0.25) is 14.9 Å². The smallest absolute Gasteiger partial charge is 0.271 e. The van der Waals surface area contributed by atoms with E-state index in [2.05, 4.69) is 5.32 Å². The molecule has 2 rings (SSSR count). The van der Waals surface area contributed by atoms with Crippen molar-refractivity contribution in [3.05, 3.63) is 62.6 Å². The number of halogens is 2. The molecule has 1 N–H and O–H groups in total. The van der Waals surface area contributed by atoms with E-state index in [0.29, 0.717) is 10.8 Å². The van der Waals surface area contributed by atoms with Gasteiger partial charge in [0.05, 0.1) is 20.7 Å². The van der Waals surface area contributed by atoms with E-state index in [1.54, 1.807) is 24.3 Å². The number of benzene rings is 2. The van der Waals surface area contributed by atoms with Crippen molar-refractivity contribution in [2.45, 2.75) is 0 Å². The molecule has 0 aromatic heterocycles. The third-order valence-electron chi connectivity index (χ3n) is 2.63. The molecule has 0 aliphatic rings. The van der Waals surface area contributed by atoms with Crippen LogP contribution in [-0.2, 0) is 4.79 Å². The molecule has 1 amide bonds. The van der Waals surface area contributed by atoms with Gasteiger partial charge in [-0.1, -0.05) is 35.3 Å². The van der Waals surface area contributed by atoms with Crippen molar-refractivity contribution < 1.29 is 14.5 Å². The van der Waals surface area contributed by atoms with E-state index >= 15 is 0 Å². The Morgan fingerprint density at radius 3 is 2.55 bits per heavy atom. The Kier molecular flexibility index (Phi) is 5.19. The molecular formula is C14H10Cl2N2O4. The number of amides is 1. The Hall–Kier alpha value is -2.31. The van der Waals surface area contributed by atoms with Gasteiger partial charge in [0, 0.05) is 12.1 Å². The number of carbonyl (C=O) groups is 1. The SMILES string of the molecule is O=C(COc1ccccc1Cl)Nc1ccc([N+](=O)[O-])cc1Cl. The molecule has 0 fully saturated rings. The molecule has 8 heteroatoms.